The van der Waals surface area contributed by atoms with E-state index >= 15 is 0 Å². The van der Waals surface area contributed by atoms with Gasteiger partial charge in [0.25, 0.3) is 0 Å². The lowest BCUT2D eigenvalue weighted by molar-refractivity contribution is -0.124. The van der Waals surface area contributed by atoms with Crippen molar-refractivity contribution in [2.45, 2.75) is 31.7 Å². The zero-order chi connectivity index (χ0) is 16.9. The van der Waals surface area contributed by atoms with Crippen LogP contribution in [0.25, 0.3) is 0 Å². The molecular weight excluding hydrogens is 306 g/mol. The average molecular weight is 329 g/mol. The lowest BCUT2D eigenvalue weighted by Gasteiger charge is -2.26. The van der Waals surface area contributed by atoms with Gasteiger partial charge in [0.1, 0.15) is 23.3 Å². The molecule has 0 radical (unpaired) electrons. The van der Waals surface area contributed by atoms with Crippen LogP contribution in [0.4, 0.5) is 0 Å². The van der Waals surface area contributed by atoms with Gasteiger partial charge in [0.15, 0.2) is 0 Å². The number of para-hydroxylation sites is 1. The van der Waals surface area contributed by atoms with Crippen molar-refractivity contribution in [3.05, 3.63) is 53.5 Å². The van der Waals surface area contributed by atoms with Crippen LogP contribution < -0.4 is 10.1 Å². The van der Waals surface area contributed by atoms with E-state index in [1.807, 2.05) is 43.3 Å². The number of rotatable bonds is 6. The first kappa shape index (κ1) is 16.6. The quantitative estimate of drug-likeness (QED) is 0.884. The SMILES string of the molecule is CCc1ccc(C(COC)NC(=O)C2CCOc3ccccc32)o1. The third-order valence-electron chi connectivity index (χ3n) is 4.30. The van der Waals surface area contributed by atoms with Gasteiger partial charge in [-0.1, -0.05) is 25.1 Å². The molecule has 128 valence electrons. The van der Waals surface area contributed by atoms with Crippen LogP contribution in [0.5, 0.6) is 5.75 Å². The molecule has 2 atom stereocenters. The molecule has 2 heterocycles. The number of ether oxygens (including phenoxy) is 2. The summed E-state index contributed by atoms with van der Waals surface area (Å²) in [6.07, 6.45) is 1.49. The molecule has 5 nitrogen and oxygen atoms in total. The molecule has 0 fully saturated rings. The van der Waals surface area contributed by atoms with E-state index < -0.39 is 0 Å². The van der Waals surface area contributed by atoms with E-state index in [1.54, 1.807) is 7.11 Å². The summed E-state index contributed by atoms with van der Waals surface area (Å²) in [6, 6.07) is 11.3. The van der Waals surface area contributed by atoms with Gasteiger partial charge in [0.2, 0.25) is 5.91 Å². The summed E-state index contributed by atoms with van der Waals surface area (Å²) in [5.41, 5.74) is 0.936. The van der Waals surface area contributed by atoms with Gasteiger partial charge in [-0.2, -0.15) is 0 Å². The van der Waals surface area contributed by atoms with E-state index in [0.717, 1.165) is 29.3 Å². The van der Waals surface area contributed by atoms with Crippen LogP contribution in [-0.2, 0) is 16.0 Å². The van der Waals surface area contributed by atoms with Crippen molar-refractivity contribution in [3.63, 3.8) is 0 Å². The monoisotopic (exact) mass is 329 g/mol. The Morgan fingerprint density at radius 2 is 2.17 bits per heavy atom. The third-order valence-corrected chi connectivity index (χ3v) is 4.30. The summed E-state index contributed by atoms with van der Waals surface area (Å²) in [7, 11) is 1.62. The highest BCUT2D eigenvalue weighted by molar-refractivity contribution is 5.85. The number of aryl methyl sites for hydroxylation is 1. The Labute approximate surface area is 141 Å². The molecule has 24 heavy (non-hydrogen) atoms. The largest absolute Gasteiger partial charge is 0.493 e. The zero-order valence-corrected chi connectivity index (χ0v) is 14.1. The summed E-state index contributed by atoms with van der Waals surface area (Å²) in [5, 5.41) is 3.07. The summed E-state index contributed by atoms with van der Waals surface area (Å²) >= 11 is 0. The molecule has 1 N–H and O–H groups in total. The molecule has 0 spiro atoms. The van der Waals surface area contributed by atoms with Crippen molar-refractivity contribution >= 4 is 5.91 Å². The van der Waals surface area contributed by atoms with E-state index in [1.165, 1.54) is 0 Å². The Morgan fingerprint density at radius 1 is 1.33 bits per heavy atom. The minimum atomic E-state index is -0.294. The molecule has 5 heteroatoms. The number of benzene rings is 1. The van der Waals surface area contributed by atoms with Crippen LogP contribution >= 0.6 is 0 Å². The summed E-state index contributed by atoms with van der Waals surface area (Å²) in [6.45, 7) is 2.95. The molecule has 2 aromatic rings. The Morgan fingerprint density at radius 3 is 2.92 bits per heavy atom. The van der Waals surface area contributed by atoms with Crippen molar-refractivity contribution in [2.24, 2.45) is 0 Å². The second-order valence-electron chi connectivity index (χ2n) is 5.90. The van der Waals surface area contributed by atoms with Crippen LogP contribution in [-0.4, -0.2) is 26.2 Å². The number of amides is 1. The fraction of sp³-hybridized carbons (Fsp3) is 0.421. The Kier molecular flexibility index (Phi) is 5.20. The predicted molar refractivity (Wildman–Crippen MR) is 90.1 cm³/mol. The number of methoxy groups -OCH3 is 1. The number of carbonyl (C=O) groups is 1. The fourth-order valence-corrected chi connectivity index (χ4v) is 3.02. The van der Waals surface area contributed by atoms with Crippen molar-refractivity contribution in [1.82, 2.24) is 5.32 Å². The number of hydrogen-bond donors (Lipinski definition) is 1. The first-order chi connectivity index (χ1) is 11.7. The highest BCUT2D eigenvalue weighted by atomic mass is 16.5. The van der Waals surface area contributed by atoms with Gasteiger partial charge in [-0.05, 0) is 24.6 Å². The highest BCUT2D eigenvalue weighted by Crippen LogP contribution is 2.34. The molecule has 0 bridgehead atoms. The lowest BCUT2D eigenvalue weighted by atomic mass is 9.92. The number of carbonyl (C=O) groups excluding carboxylic acids is 1. The summed E-state index contributed by atoms with van der Waals surface area (Å²) < 4.78 is 16.7. The first-order valence-corrected chi connectivity index (χ1v) is 8.32. The second-order valence-corrected chi connectivity index (χ2v) is 5.90. The van der Waals surface area contributed by atoms with Gasteiger partial charge in [0, 0.05) is 19.1 Å². The van der Waals surface area contributed by atoms with Crippen LogP contribution in [0.15, 0.2) is 40.8 Å². The smallest absolute Gasteiger partial charge is 0.228 e. The molecule has 1 aliphatic rings. The lowest BCUT2D eigenvalue weighted by Crippen LogP contribution is -2.36. The highest BCUT2D eigenvalue weighted by Gasteiger charge is 2.29. The number of fused-ring (bicyclic) bond motifs is 1. The topological polar surface area (TPSA) is 60.7 Å². The first-order valence-electron chi connectivity index (χ1n) is 8.32. The van der Waals surface area contributed by atoms with Gasteiger partial charge in [-0.3, -0.25) is 4.79 Å². The molecule has 0 aliphatic carbocycles. The molecule has 3 rings (SSSR count). The Hall–Kier alpha value is -2.27. The van der Waals surface area contributed by atoms with Crippen molar-refractivity contribution < 1.29 is 18.7 Å². The van der Waals surface area contributed by atoms with Gasteiger partial charge in [-0.25, -0.2) is 0 Å². The molecule has 2 unspecified atom stereocenters. The second kappa shape index (κ2) is 7.53. The maximum absolute atomic E-state index is 12.8. The van der Waals surface area contributed by atoms with Crippen molar-refractivity contribution in [2.75, 3.05) is 20.3 Å². The fourth-order valence-electron chi connectivity index (χ4n) is 3.02. The van der Waals surface area contributed by atoms with Crippen LogP contribution in [0, 0.1) is 0 Å². The van der Waals surface area contributed by atoms with Gasteiger partial charge < -0.3 is 19.2 Å². The standard InChI is InChI=1S/C19H23NO4/c1-3-13-8-9-18(24-13)16(12-22-2)20-19(21)15-10-11-23-17-7-5-4-6-14(15)17/h4-9,15-16H,3,10-12H2,1-2H3,(H,20,21). The molecule has 0 saturated heterocycles. The van der Waals surface area contributed by atoms with Crippen LogP contribution in [0.2, 0.25) is 0 Å². The van der Waals surface area contributed by atoms with Crippen LogP contribution in [0.3, 0.4) is 0 Å². The van der Waals surface area contributed by atoms with Crippen molar-refractivity contribution in [1.29, 1.82) is 0 Å². The zero-order valence-electron chi connectivity index (χ0n) is 14.1. The van der Waals surface area contributed by atoms with Gasteiger partial charge in [-0.15, -0.1) is 0 Å². The maximum Gasteiger partial charge on any atom is 0.228 e. The minimum absolute atomic E-state index is 0.0257. The molecule has 1 aromatic carbocycles. The Balaban J connectivity index is 1.77. The van der Waals surface area contributed by atoms with Gasteiger partial charge in [0.05, 0.1) is 19.1 Å². The molecule has 1 aliphatic heterocycles. The number of hydrogen-bond acceptors (Lipinski definition) is 4. The number of nitrogens with one attached hydrogen (secondary N) is 1. The molecule has 1 aromatic heterocycles. The van der Waals surface area contributed by atoms with E-state index in [4.69, 9.17) is 13.9 Å². The predicted octanol–water partition coefficient (Wildman–Crippen LogP) is 3.21. The molecule has 0 saturated carbocycles. The van der Waals surface area contributed by atoms with E-state index in [-0.39, 0.29) is 17.9 Å². The van der Waals surface area contributed by atoms with E-state index in [2.05, 4.69) is 5.32 Å². The van der Waals surface area contributed by atoms with E-state index in [0.29, 0.717) is 19.6 Å². The van der Waals surface area contributed by atoms with Crippen molar-refractivity contribution in [3.8, 4) is 5.75 Å². The summed E-state index contributed by atoms with van der Waals surface area (Å²) in [4.78, 5) is 12.8. The van der Waals surface area contributed by atoms with Gasteiger partial charge >= 0.3 is 0 Å². The maximum atomic E-state index is 12.8. The summed E-state index contributed by atoms with van der Waals surface area (Å²) in [5.74, 6) is 2.18. The molecule has 1 amide bonds. The Bertz CT molecular complexity index is 694. The minimum Gasteiger partial charge on any atom is -0.493 e. The van der Waals surface area contributed by atoms with E-state index in [9.17, 15) is 4.79 Å². The average Bonchev–Trinajstić information content (AvgIpc) is 3.10. The normalized spacial score (nSPS) is 17.7. The molecular formula is C19H23NO4. The third kappa shape index (κ3) is 3.46. The number of furan rings is 1. The van der Waals surface area contributed by atoms with Crippen LogP contribution in [0.1, 0.15) is 42.4 Å².